The van der Waals surface area contributed by atoms with E-state index in [4.69, 9.17) is 0 Å². The Balaban J connectivity index is 2.12. The van der Waals surface area contributed by atoms with Gasteiger partial charge in [-0.15, -0.1) is 0 Å². The topological polar surface area (TPSA) is 42.0 Å². The van der Waals surface area contributed by atoms with Gasteiger partial charge < -0.3 is 5.32 Å². The van der Waals surface area contributed by atoms with E-state index in [-0.39, 0.29) is 5.56 Å². The minimum Gasteiger partial charge on any atom is -0.322 e. The predicted octanol–water partition coefficient (Wildman–Crippen LogP) is 3.35. The quantitative estimate of drug-likeness (QED) is 0.905. The highest BCUT2D eigenvalue weighted by Crippen LogP contribution is 2.27. The van der Waals surface area contributed by atoms with Crippen LogP contribution < -0.4 is 5.32 Å². The summed E-state index contributed by atoms with van der Waals surface area (Å²) in [5.74, 6) is -0.507. The van der Waals surface area contributed by atoms with Gasteiger partial charge in [-0.1, -0.05) is 18.2 Å². The fourth-order valence-corrected chi connectivity index (χ4v) is 1.42. The lowest BCUT2D eigenvalue weighted by molar-refractivity contribution is -0.141. The number of carbonyl (C=O) groups excluding carboxylic acids is 1. The highest BCUT2D eigenvalue weighted by molar-refractivity contribution is 6.04. The molecule has 19 heavy (non-hydrogen) atoms. The third-order valence-corrected chi connectivity index (χ3v) is 2.35. The normalized spacial score (nSPS) is 11.1. The summed E-state index contributed by atoms with van der Waals surface area (Å²) in [7, 11) is 0. The van der Waals surface area contributed by atoms with Crippen LogP contribution in [-0.2, 0) is 6.18 Å². The standard InChI is InChI=1S/C13H9F3N2O/c14-13(15,16)11-7-6-9(8-17-11)12(19)18-10-4-2-1-3-5-10/h1-8H,(H,18,19). The van der Waals surface area contributed by atoms with Gasteiger partial charge in [0.1, 0.15) is 5.69 Å². The van der Waals surface area contributed by atoms with Gasteiger partial charge in [0.15, 0.2) is 0 Å². The summed E-state index contributed by atoms with van der Waals surface area (Å²) in [4.78, 5) is 15.0. The Morgan fingerprint density at radius 2 is 1.74 bits per heavy atom. The number of benzene rings is 1. The average Bonchev–Trinajstić information content (AvgIpc) is 2.39. The molecule has 0 saturated heterocycles. The van der Waals surface area contributed by atoms with Crippen molar-refractivity contribution in [3.63, 3.8) is 0 Å². The fraction of sp³-hybridized carbons (Fsp3) is 0.0769. The molecule has 3 nitrogen and oxygen atoms in total. The highest BCUT2D eigenvalue weighted by atomic mass is 19.4. The lowest BCUT2D eigenvalue weighted by Gasteiger charge is -2.07. The Morgan fingerprint density at radius 1 is 1.05 bits per heavy atom. The minimum absolute atomic E-state index is 0.0665. The maximum absolute atomic E-state index is 12.3. The molecule has 1 aromatic carbocycles. The predicted molar refractivity (Wildman–Crippen MR) is 63.6 cm³/mol. The van der Waals surface area contributed by atoms with Gasteiger partial charge >= 0.3 is 6.18 Å². The van der Waals surface area contributed by atoms with Crippen molar-refractivity contribution < 1.29 is 18.0 Å². The summed E-state index contributed by atoms with van der Waals surface area (Å²) in [6.45, 7) is 0. The molecule has 2 rings (SSSR count). The van der Waals surface area contributed by atoms with Crippen molar-refractivity contribution in [1.29, 1.82) is 0 Å². The third-order valence-electron chi connectivity index (χ3n) is 2.35. The summed E-state index contributed by atoms with van der Waals surface area (Å²) in [6, 6.07) is 10.5. The van der Waals surface area contributed by atoms with E-state index in [0.29, 0.717) is 5.69 Å². The molecular formula is C13H9F3N2O. The number of pyridine rings is 1. The summed E-state index contributed by atoms with van der Waals surface area (Å²) in [5, 5.41) is 2.56. The minimum atomic E-state index is -4.51. The van der Waals surface area contributed by atoms with Gasteiger partial charge in [-0.2, -0.15) is 13.2 Å². The van der Waals surface area contributed by atoms with Gasteiger partial charge in [0, 0.05) is 11.9 Å². The van der Waals surface area contributed by atoms with E-state index in [1.807, 2.05) is 0 Å². The van der Waals surface area contributed by atoms with Crippen LogP contribution in [0.25, 0.3) is 0 Å². The molecule has 0 atom stereocenters. The van der Waals surface area contributed by atoms with Crippen LogP contribution in [0.1, 0.15) is 16.1 Å². The second kappa shape index (κ2) is 5.09. The summed E-state index contributed by atoms with van der Waals surface area (Å²) in [6.07, 6.45) is -3.60. The smallest absolute Gasteiger partial charge is 0.322 e. The van der Waals surface area contributed by atoms with Crippen molar-refractivity contribution in [2.24, 2.45) is 0 Å². The van der Waals surface area contributed by atoms with Crippen LogP contribution in [0.5, 0.6) is 0 Å². The van der Waals surface area contributed by atoms with Gasteiger partial charge in [-0.05, 0) is 24.3 Å². The lowest BCUT2D eigenvalue weighted by Crippen LogP contribution is -2.14. The van der Waals surface area contributed by atoms with E-state index in [0.717, 1.165) is 18.3 Å². The molecule has 0 fully saturated rings. The molecule has 2 aromatic rings. The number of nitrogens with one attached hydrogen (secondary N) is 1. The van der Waals surface area contributed by atoms with Gasteiger partial charge in [-0.25, -0.2) is 0 Å². The summed E-state index contributed by atoms with van der Waals surface area (Å²) in [5.41, 5.74) is -0.395. The molecule has 1 heterocycles. The SMILES string of the molecule is O=C(Nc1ccccc1)c1ccc(C(F)(F)F)nc1. The van der Waals surface area contributed by atoms with Crippen LogP contribution in [0.2, 0.25) is 0 Å². The van der Waals surface area contributed by atoms with Crippen LogP contribution >= 0.6 is 0 Å². The van der Waals surface area contributed by atoms with Crippen molar-refractivity contribution >= 4 is 11.6 Å². The zero-order valence-electron chi connectivity index (χ0n) is 9.61. The van der Waals surface area contributed by atoms with E-state index in [1.165, 1.54) is 0 Å². The number of alkyl halides is 3. The first kappa shape index (κ1) is 13.1. The van der Waals surface area contributed by atoms with Gasteiger partial charge in [0.05, 0.1) is 5.56 Å². The van der Waals surface area contributed by atoms with E-state index >= 15 is 0 Å². The van der Waals surface area contributed by atoms with Crippen molar-refractivity contribution in [3.05, 3.63) is 59.9 Å². The second-order valence-electron chi connectivity index (χ2n) is 3.75. The fourth-order valence-electron chi connectivity index (χ4n) is 1.42. The zero-order valence-corrected chi connectivity index (χ0v) is 9.61. The largest absolute Gasteiger partial charge is 0.433 e. The third kappa shape index (κ3) is 3.31. The number of halogens is 3. The molecule has 0 aliphatic carbocycles. The molecule has 1 amide bonds. The Kier molecular flexibility index (Phi) is 3.50. The number of anilines is 1. The molecule has 0 spiro atoms. The molecule has 1 aromatic heterocycles. The van der Waals surface area contributed by atoms with Crippen LogP contribution in [0.4, 0.5) is 18.9 Å². The van der Waals surface area contributed by atoms with Crippen LogP contribution in [0.3, 0.4) is 0 Å². The van der Waals surface area contributed by atoms with Crippen LogP contribution in [0, 0.1) is 0 Å². The van der Waals surface area contributed by atoms with Crippen molar-refractivity contribution in [2.75, 3.05) is 5.32 Å². The van der Waals surface area contributed by atoms with Gasteiger partial charge in [0.25, 0.3) is 5.91 Å². The van der Waals surface area contributed by atoms with Crippen LogP contribution in [0.15, 0.2) is 48.7 Å². The zero-order chi connectivity index (χ0) is 13.9. The number of amides is 1. The first-order valence-electron chi connectivity index (χ1n) is 5.36. The average molecular weight is 266 g/mol. The van der Waals surface area contributed by atoms with Crippen molar-refractivity contribution in [3.8, 4) is 0 Å². The molecule has 0 bridgehead atoms. The van der Waals surface area contributed by atoms with Gasteiger partial charge in [0.2, 0.25) is 0 Å². The number of aromatic nitrogens is 1. The monoisotopic (exact) mass is 266 g/mol. The number of nitrogens with zero attached hydrogens (tertiary/aromatic N) is 1. The van der Waals surface area contributed by atoms with E-state index < -0.39 is 17.8 Å². The van der Waals surface area contributed by atoms with Crippen molar-refractivity contribution in [1.82, 2.24) is 4.98 Å². The number of rotatable bonds is 2. The molecule has 98 valence electrons. The Hall–Kier alpha value is -2.37. The van der Waals surface area contributed by atoms with E-state index in [2.05, 4.69) is 10.3 Å². The van der Waals surface area contributed by atoms with Gasteiger partial charge in [-0.3, -0.25) is 9.78 Å². The molecule has 0 saturated carbocycles. The Morgan fingerprint density at radius 3 is 2.26 bits per heavy atom. The number of carbonyl (C=O) groups is 1. The molecule has 0 unspecified atom stereocenters. The molecule has 0 aliphatic heterocycles. The molecule has 0 aliphatic rings. The number of para-hydroxylation sites is 1. The molecular weight excluding hydrogens is 257 g/mol. The summed E-state index contributed by atoms with van der Waals surface area (Å²) < 4.78 is 36.9. The Labute approximate surface area is 107 Å². The first-order valence-corrected chi connectivity index (χ1v) is 5.36. The van der Waals surface area contributed by atoms with E-state index in [1.54, 1.807) is 30.3 Å². The number of hydrogen-bond acceptors (Lipinski definition) is 2. The second-order valence-corrected chi connectivity index (χ2v) is 3.75. The van der Waals surface area contributed by atoms with E-state index in [9.17, 15) is 18.0 Å². The van der Waals surface area contributed by atoms with Crippen LogP contribution in [-0.4, -0.2) is 10.9 Å². The summed E-state index contributed by atoms with van der Waals surface area (Å²) >= 11 is 0. The Bertz CT molecular complexity index is 565. The molecule has 6 heteroatoms. The first-order chi connectivity index (χ1) is 8.97. The highest BCUT2D eigenvalue weighted by Gasteiger charge is 2.32. The molecule has 0 radical (unpaired) electrons. The maximum Gasteiger partial charge on any atom is 0.433 e. The lowest BCUT2D eigenvalue weighted by atomic mass is 10.2. The number of hydrogen-bond donors (Lipinski definition) is 1. The maximum atomic E-state index is 12.3. The van der Waals surface area contributed by atoms with Crippen molar-refractivity contribution in [2.45, 2.75) is 6.18 Å². The molecule has 1 N–H and O–H groups in total.